The van der Waals surface area contributed by atoms with E-state index >= 15 is 0 Å². The van der Waals surface area contributed by atoms with Gasteiger partial charge >= 0.3 is 5.95 Å². The lowest BCUT2D eigenvalue weighted by molar-refractivity contribution is 0.128. The van der Waals surface area contributed by atoms with E-state index in [1.165, 1.54) is 0 Å². The molecular weight excluding hydrogens is 188 g/mol. The number of hydrogen-bond acceptors (Lipinski definition) is 1. The molecule has 1 aliphatic carbocycles. The highest BCUT2D eigenvalue weighted by atomic mass is 16.6. The number of hydrogen-bond donors (Lipinski definition) is 0. The lowest BCUT2D eigenvalue weighted by Crippen LogP contribution is -2.37. The Morgan fingerprint density at radius 2 is 1.87 bits per heavy atom. The standard InChI is InChI=1S/C13H9O2/c14-13-11-7-2-1-5-9(11)10-6-3-4-8-12(10)15-13/h1-8,12H. The van der Waals surface area contributed by atoms with Crippen LogP contribution in [0.3, 0.4) is 0 Å². The monoisotopic (exact) mass is 197 g/mol. The molecule has 2 nitrogen and oxygen atoms in total. The minimum absolute atomic E-state index is 0.211. The van der Waals surface area contributed by atoms with Crippen molar-refractivity contribution in [3.05, 3.63) is 59.0 Å². The molecular formula is C13H9O2. The number of allylic oxidation sites excluding steroid dienone is 2. The fraction of sp³-hybridized carbons (Fsp3) is 0.0769. The zero-order valence-corrected chi connectivity index (χ0v) is 8.01. The van der Waals surface area contributed by atoms with Gasteiger partial charge in [-0.25, -0.2) is 5.11 Å². The van der Waals surface area contributed by atoms with Gasteiger partial charge in [0.2, 0.25) is 0 Å². The topological polar surface area (TPSA) is 29.1 Å². The van der Waals surface area contributed by atoms with Gasteiger partial charge in [-0.05, 0) is 17.4 Å². The molecule has 1 atom stereocenters. The molecule has 73 valence electrons. The van der Waals surface area contributed by atoms with Crippen LogP contribution in [-0.2, 0) is 9.84 Å². The smallest absolute Gasteiger partial charge is 0.339 e. The van der Waals surface area contributed by atoms with Crippen molar-refractivity contribution in [1.29, 1.82) is 0 Å². The first-order valence-corrected chi connectivity index (χ1v) is 4.88. The molecule has 1 aliphatic heterocycles. The van der Waals surface area contributed by atoms with Crippen LogP contribution >= 0.6 is 0 Å². The summed E-state index contributed by atoms with van der Waals surface area (Å²) in [6.45, 7) is 0. The van der Waals surface area contributed by atoms with E-state index in [0.29, 0.717) is 5.22 Å². The molecule has 2 aliphatic rings. The van der Waals surface area contributed by atoms with Gasteiger partial charge in [-0.3, -0.25) is 0 Å². The van der Waals surface area contributed by atoms with Crippen molar-refractivity contribution in [1.82, 2.24) is 0 Å². The first-order chi connectivity index (χ1) is 7.36. The molecule has 1 radical (unpaired) electrons. The molecule has 0 saturated carbocycles. The predicted octanol–water partition coefficient (Wildman–Crippen LogP) is 0.858. The van der Waals surface area contributed by atoms with Gasteiger partial charge in [-0.2, -0.15) is 0 Å². The second-order valence-electron chi connectivity index (χ2n) is 3.57. The van der Waals surface area contributed by atoms with Gasteiger partial charge < -0.3 is 4.74 Å². The van der Waals surface area contributed by atoms with Crippen LogP contribution in [0.25, 0.3) is 11.5 Å². The summed E-state index contributed by atoms with van der Waals surface area (Å²) in [6.07, 6.45) is 7.54. The lowest BCUT2D eigenvalue weighted by Gasteiger charge is -2.20. The maximum atomic E-state index is 11.6. The number of benzene rings is 1. The molecule has 1 aromatic carbocycles. The van der Waals surface area contributed by atoms with E-state index in [2.05, 4.69) is 0 Å². The second kappa shape index (κ2) is 3.02. The van der Waals surface area contributed by atoms with Gasteiger partial charge in [0, 0.05) is 5.57 Å². The largest absolute Gasteiger partial charge is 0.450 e. The van der Waals surface area contributed by atoms with Gasteiger partial charge in [0.05, 0.1) is 5.22 Å². The Labute approximate surface area is 87.1 Å². The highest BCUT2D eigenvalue weighted by Gasteiger charge is 2.20. The normalized spacial score (nSPS) is 22.0. The summed E-state index contributed by atoms with van der Waals surface area (Å²) >= 11 is 0. The molecule has 0 saturated heterocycles. The molecule has 1 aromatic rings. The van der Waals surface area contributed by atoms with E-state index in [1.807, 2.05) is 42.5 Å². The van der Waals surface area contributed by atoms with Crippen molar-refractivity contribution in [2.75, 3.05) is 0 Å². The first kappa shape index (κ1) is 8.36. The molecule has 0 amide bonds. The third kappa shape index (κ3) is 1.18. The summed E-state index contributed by atoms with van der Waals surface area (Å²) in [6, 6.07) is 7.55. The Morgan fingerprint density at radius 3 is 2.73 bits per heavy atom. The summed E-state index contributed by atoms with van der Waals surface area (Å²) in [5.74, 6) is -0.237. The molecule has 2 heteroatoms. The Morgan fingerprint density at radius 1 is 1.07 bits per heavy atom. The van der Waals surface area contributed by atoms with Crippen LogP contribution in [0.1, 0.15) is 0 Å². The van der Waals surface area contributed by atoms with Crippen molar-refractivity contribution in [2.24, 2.45) is 0 Å². The van der Waals surface area contributed by atoms with Crippen LogP contribution in [0.5, 0.6) is 0 Å². The highest BCUT2D eigenvalue weighted by Crippen LogP contribution is 2.19. The molecule has 1 unspecified atom stereocenters. The van der Waals surface area contributed by atoms with Gasteiger partial charge in [-0.1, -0.05) is 36.4 Å². The van der Waals surface area contributed by atoms with Crippen molar-refractivity contribution in [3.8, 4) is 0 Å². The minimum Gasteiger partial charge on any atom is -0.450 e. The summed E-state index contributed by atoms with van der Waals surface area (Å²) in [5, 5.41) is 13.3. The van der Waals surface area contributed by atoms with Crippen LogP contribution in [0, 0.1) is 0 Å². The Balaban J connectivity index is 2.45. The van der Waals surface area contributed by atoms with Gasteiger partial charge in [0.15, 0.2) is 0 Å². The van der Waals surface area contributed by atoms with E-state index in [1.54, 1.807) is 6.07 Å². The Hall–Kier alpha value is -1.96. The van der Waals surface area contributed by atoms with E-state index in [4.69, 9.17) is 4.74 Å². The summed E-state index contributed by atoms with van der Waals surface area (Å²) in [5.41, 5.74) is 1.06. The maximum absolute atomic E-state index is 11.6. The molecule has 1 heterocycles. The summed E-state index contributed by atoms with van der Waals surface area (Å²) in [4.78, 5) is 0. The van der Waals surface area contributed by atoms with Gasteiger partial charge in [-0.15, -0.1) is 0 Å². The van der Waals surface area contributed by atoms with Crippen LogP contribution in [0.2, 0.25) is 0 Å². The van der Waals surface area contributed by atoms with E-state index in [0.717, 1.165) is 10.8 Å². The fourth-order valence-corrected chi connectivity index (χ4v) is 1.96. The molecule has 0 spiro atoms. The summed E-state index contributed by atoms with van der Waals surface area (Å²) in [7, 11) is 0. The van der Waals surface area contributed by atoms with Crippen molar-refractivity contribution in [2.45, 2.75) is 6.10 Å². The van der Waals surface area contributed by atoms with Crippen LogP contribution in [-0.4, -0.2) is 6.10 Å². The molecule has 0 fully saturated rings. The van der Waals surface area contributed by atoms with Crippen LogP contribution in [0.15, 0.2) is 48.6 Å². The second-order valence-corrected chi connectivity index (χ2v) is 3.57. The molecule has 0 N–H and O–H groups in total. The Bertz CT molecular complexity index is 579. The zero-order valence-electron chi connectivity index (χ0n) is 8.01. The number of fused-ring (bicyclic) bond motifs is 2. The van der Waals surface area contributed by atoms with Crippen LogP contribution in [0.4, 0.5) is 0 Å². The van der Waals surface area contributed by atoms with Crippen molar-refractivity contribution >= 4 is 11.5 Å². The van der Waals surface area contributed by atoms with Gasteiger partial charge in [0.1, 0.15) is 6.10 Å². The maximum Gasteiger partial charge on any atom is 0.339 e. The van der Waals surface area contributed by atoms with E-state index in [9.17, 15) is 5.11 Å². The lowest BCUT2D eigenvalue weighted by atomic mass is 9.99. The third-order valence-corrected chi connectivity index (χ3v) is 2.67. The van der Waals surface area contributed by atoms with Crippen LogP contribution < -0.4 is 10.4 Å². The van der Waals surface area contributed by atoms with Gasteiger partial charge in [0.25, 0.3) is 0 Å². The fourth-order valence-electron chi connectivity index (χ4n) is 1.96. The number of rotatable bonds is 0. The Kier molecular flexibility index (Phi) is 1.68. The quantitative estimate of drug-likeness (QED) is 0.606. The summed E-state index contributed by atoms with van der Waals surface area (Å²) < 4.78 is 5.30. The predicted molar refractivity (Wildman–Crippen MR) is 56.3 cm³/mol. The molecule has 3 rings (SSSR count). The van der Waals surface area contributed by atoms with E-state index < -0.39 is 0 Å². The zero-order chi connectivity index (χ0) is 10.3. The third-order valence-electron chi connectivity index (χ3n) is 2.67. The molecule has 15 heavy (non-hydrogen) atoms. The van der Waals surface area contributed by atoms with E-state index in [-0.39, 0.29) is 12.0 Å². The first-order valence-electron chi connectivity index (χ1n) is 4.88. The highest BCUT2D eigenvalue weighted by molar-refractivity contribution is 5.68. The molecule has 0 aromatic heterocycles. The van der Waals surface area contributed by atoms with Crippen molar-refractivity contribution < 1.29 is 9.84 Å². The minimum atomic E-state index is -0.237. The SMILES string of the molecule is [O]C1=c2ccccc2=C2C=CC=CC2O1. The molecule has 0 bridgehead atoms. The average Bonchev–Trinajstić information content (AvgIpc) is 2.30. The average molecular weight is 197 g/mol. The number of ether oxygens (including phenoxy) is 1. The van der Waals surface area contributed by atoms with Crippen molar-refractivity contribution in [3.63, 3.8) is 0 Å².